The van der Waals surface area contributed by atoms with Crippen LogP contribution in [0.25, 0.3) is 10.2 Å². The summed E-state index contributed by atoms with van der Waals surface area (Å²) >= 11 is 1.68. The summed E-state index contributed by atoms with van der Waals surface area (Å²) in [6.07, 6.45) is 2.16. The van der Waals surface area contributed by atoms with Gasteiger partial charge in [-0.2, -0.15) is 0 Å². The number of aromatic nitrogens is 1. The van der Waals surface area contributed by atoms with Crippen molar-refractivity contribution >= 4 is 27.6 Å². The van der Waals surface area contributed by atoms with Gasteiger partial charge in [-0.1, -0.05) is 32.9 Å². The minimum Gasteiger partial charge on any atom is -0.444 e. The molecule has 4 nitrogen and oxygen atoms in total. The molecule has 1 aromatic carbocycles. The van der Waals surface area contributed by atoms with E-state index in [0.29, 0.717) is 5.92 Å². The van der Waals surface area contributed by atoms with Gasteiger partial charge in [-0.15, -0.1) is 11.3 Å². The number of carbonyl (C=O) groups is 1. The number of hydrogen-bond acceptors (Lipinski definition) is 4. The maximum absolute atomic E-state index is 11.7. The Morgan fingerprint density at radius 2 is 1.96 bits per heavy atom. The summed E-state index contributed by atoms with van der Waals surface area (Å²) in [6, 6.07) is 8.13. The van der Waals surface area contributed by atoms with Crippen LogP contribution in [0.1, 0.15) is 54.4 Å². The molecule has 0 spiro atoms. The average molecular weight is 365 g/mol. The van der Waals surface area contributed by atoms with Crippen LogP contribution >= 0.6 is 11.3 Å². The number of nitrogens with zero attached hydrogens (tertiary/aromatic N) is 2. The largest absolute Gasteiger partial charge is 0.444 e. The minimum absolute atomic E-state index is 0.163. The fourth-order valence-corrected chi connectivity index (χ4v) is 3.16. The van der Waals surface area contributed by atoms with E-state index in [2.05, 4.69) is 18.0 Å². The van der Waals surface area contributed by atoms with Crippen LogP contribution in [-0.4, -0.2) is 34.7 Å². The van der Waals surface area contributed by atoms with Crippen molar-refractivity contribution in [2.45, 2.75) is 60.0 Å². The van der Waals surface area contributed by atoms with Crippen LogP contribution in [0.2, 0.25) is 0 Å². The fourth-order valence-electron chi connectivity index (χ4n) is 2.49. The highest BCUT2D eigenvalue weighted by atomic mass is 32.1. The van der Waals surface area contributed by atoms with Crippen molar-refractivity contribution in [3.05, 3.63) is 29.8 Å². The molecule has 0 aliphatic carbocycles. The lowest BCUT2D eigenvalue weighted by molar-refractivity contribution is 0.0174. The maximum Gasteiger partial charge on any atom is 0.410 e. The first kappa shape index (κ1) is 21.4. The number of ether oxygens (including phenoxy) is 1. The van der Waals surface area contributed by atoms with Gasteiger partial charge in [-0.3, -0.25) is 0 Å². The zero-order chi connectivity index (χ0) is 18.9. The van der Waals surface area contributed by atoms with Crippen LogP contribution in [0.5, 0.6) is 0 Å². The van der Waals surface area contributed by atoms with Gasteiger partial charge in [0.15, 0.2) is 0 Å². The average Bonchev–Trinajstić information content (AvgIpc) is 3.04. The van der Waals surface area contributed by atoms with E-state index in [4.69, 9.17) is 4.74 Å². The van der Waals surface area contributed by atoms with Crippen LogP contribution < -0.4 is 0 Å². The summed E-state index contributed by atoms with van der Waals surface area (Å²) in [6.45, 7) is 13.6. The molecule has 2 aromatic rings. The summed E-state index contributed by atoms with van der Waals surface area (Å²) in [5.74, 6) is 0.608. The molecule has 0 N–H and O–H groups in total. The molecule has 1 atom stereocenters. The fraction of sp³-hybridized carbons (Fsp3) is 0.600. The van der Waals surface area contributed by atoms with E-state index >= 15 is 0 Å². The monoisotopic (exact) mass is 364 g/mol. The molecule has 0 saturated carbocycles. The van der Waals surface area contributed by atoms with Gasteiger partial charge in [0, 0.05) is 13.1 Å². The topological polar surface area (TPSA) is 42.4 Å². The standard InChI is InChI=1S/C11H21NO2.C7H5NS.C2H6/c1-9-6-5-7-12(8-9)10(13)14-11(2,3)4;1-2-4-7-6(3-1)8-5-9-7;1-2/h9H,5-8H2,1-4H3;1-5H;1-2H3. The number of benzene rings is 1. The van der Waals surface area contributed by atoms with Crippen LogP contribution in [0.4, 0.5) is 4.79 Å². The van der Waals surface area contributed by atoms with Crippen molar-refractivity contribution in [2.24, 2.45) is 5.92 Å². The van der Waals surface area contributed by atoms with Gasteiger partial charge < -0.3 is 9.64 Å². The number of thiazole rings is 1. The lowest BCUT2D eigenvalue weighted by Crippen LogP contribution is -2.42. The second kappa shape index (κ2) is 10.4. The van der Waals surface area contributed by atoms with Crippen molar-refractivity contribution in [1.82, 2.24) is 9.88 Å². The zero-order valence-electron chi connectivity index (χ0n) is 16.4. The number of rotatable bonds is 0. The number of para-hydroxylation sites is 1. The Labute approximate surface area is 156 Å². The summed E-state index contributed by atoms with van der Waals surface area (Å²) in [4.78, 5) is 17.6. The van der Waals surface area contributed by atoms with E-state index in [0.717, 1.165) is 25.0 Å². The highest BCUT2D eigenvalue weighted by Crippen LogP contribution is 2.18. The summed E-state index contributed by atoms with van der Waals surface area (Å²) in [5.41, 5.74) is 2.59. The number of likely N-dealkylation sites (tertiary alicyclic amines) is 1. The minimum atomic E-state index is -0.377. The van der Waals surface area contributed by atoms with Gasteiger partial charge in [-0.25, -0.2) is 9.78 Å². The van der Waals surface area contributed by atoms with Gasteiger partial charge in [0.2, 0.25) is 0 Å². The van der Waals surface area contributed by atoms with Gasteiger partial charge in [0.25, 0.3) is 0 Å². The van der Waals surface area contributed by atoms with Gasteiger partial charge >= 0.3 is 6.09 Å². The van der Waals surface area contributed by atoms with Crippen LogP contribution in [-0.2, 0) is 4.74 Å². The predicted molar refractivity (Wildman–Crippen MR) is 107 cm³/mol. The lowest BCUT2D eigenvalue weighted by Gasteiger charge is -2.32. The second-order valence-corrected chi connectivity index (χ2v) is 7.88. The Kier molecular flexibility index (Phi) is 8.90. The molecular weight excluding hydrogens is 332 g/mol. The maximum atomic E-state index is 11.7. The zero-order valence-corrected chi connectivity index (χ0v) is 17.2. The summed E-state index contributed by atoms with van der Waals surface area (Å²) in [7, 11) is 0. The highest BCUT2D eigenvalue weighted by Gasteiger charge is 2.25. The van der Waals surface area contributed by atoms with Crippen LogP contribution in [0.3, 0.4) is 0 Å². The Balaban J connectivity index is 0.000000243. The van der Waals surface area contributed by atoms with Gasteiger partial charge in [0.1, 0.15) is 5.60 Å². The molecule has 25 heavy (non-hydrogen) atoms. The number of piperidine rings is 1. The first-order chi connectivity index (χ1) is 11.8. The summed E-state index contributed by atoms with van der Waals surface area (Å²) < 4.78 is 6.57. The third-order valence-corrected chi connectivity index (χ3v) is 4.36. The smallest absolute Gasteiger partial charge is 0.410 e. The molecule has 3 rings (SSSR count). The molecule has 1 saturated heterocycles. The third-order valence-electron chi connectivity index (χ3n) is 3.55. The van der Waals surface area contributed by atoms with Gasteiger partial charge in [-0.05, 0) is 51.7 Å². The first-order valence-electron chi connectivity index (χ1n) is 9.11. The molecule has 1 unspecified atom stereocenters. The molecule has 1 aliphatic heterocycles. The van der Waals surface area contributed by atoms with Crippen LogP contribution in [0.15, 0.2) is 29.8 Å². The number of hydrogen-bond donors (Lipinski definition) is 0. The van der Waals surface area contributed by atoms with Crippen molar-refractivity contribution in [2.75, 3.05) is 13.1 Å². The molecule has 2 heterocycles. The molecule has 0 bridgehead atoms. The van der Waals surface area contributed by atoms with E-state index in [1.54, 1.807) is 11.3 Å². The molecule has 1 fully saturated rings. The quantitative estimate of drug-likeness (QED) is 0.578. The van der Waals surface area contributed by atoms with E-state index in [9.17, 15) is 4.79 Å². The Morgan fingerprint density at radius 1 is 1.28 bits per heavy atom. The van der Waals surface area contributed by atoms with Crippen molar-refractivity contribution in [1.29, 1.82) is 0 Å². The van der Waals surface area contributed by atoms with Crippen molar-refractivity contribution in [3.8, 4) is 0 Å². The second-order valence-electron chi connectivity index (χ2n) is 6.99. The Hall–Kier alpha value is -1.62. The van der Waals surface area contributed by atoms with Crippen molar-refractivity contribution < 1.29 is 9.53 Å². The molecule has 0 radical (unpaired) electrons. The number of amides is 1. The first-order valence-corrected chi connectivity index (χ1v) is 9.99. The van der Waals surface area contributed by atoms with E-state index in [1.165, 1.54) is 11.1 Å². The molecule has 1 amide bonds. The summed E-state index contributed by atoms with van der Waals surface area (Å²) in [5, 5.41) is 0. The molecule has 1 aromatic heterocycles. The van der Waals surface area contributed by atoms with E-state index in [1.807, 2.05) is 63.2 Å². The van der Waals surface area contributed by atoms with Crippen molar-refractivity contribution in [3.63, 3.8) is 0 Å². The predicted octanol–water partition coefficient (Wildman–Crippen LogP) is 5.98. The normalized spacial score (nSPS) is 17.0. The Morgan fingerprint density at radius 3 is 2.56 bits per heavy atom. The molecule has 1 aliphatic rings. The molecule has 140 valence electrons. The number of carbonyl (C=O) groups excluding carboxylic acids is 1. The van der Waals surface area contributed by atoms with Gasteiger partial charge in [0.05, 0.1) is 15.7 Å². The van der Waals surface area contributed by atoms with E-state index in [-0.39, 0.29) is 11.7 Å². The molecular formula is C20H32N2O2S. The van der Waals surface area contributed by atoms with Crippen LogP contribution in [0, 0.1) is 5.92 Å². The number of fused-ring (bicyclic) bond motifs is 1. The molecule has 5 heteroatoms. The Bertz CT molecular complexity index is 604. The third kappa shape index (κ3) is 7.86. The van der Waals surface area contributed by atoms with E-state index < -0.39 is 0 Å². The lowest BCUT2D eigenvalue weighted by atomic mass is 10.0. The highest BCUT2D eigenvalue weighted by molar-refractivity contribution is 7.16. The SMILES string of the molecule is CC.CC1CCCN(C(=O)OC(C)(C)C)C1.c1ccc2scnc2c1.